The molecule has 2 aromatic heterocycles. The predicted octanol–water partition coefficient (Wildman–Crippen LogP) is 4.06. The second kappa shape index (κ2) is 10.4. The molecule has 2 aromatic carbocycles. The first-order valence-corrected chi connectivity index (χ1v) is 12.9. The van der Waals surface area contributed by atoms with E-state index in [1.807, 2.05) is 55.5 Å². The van der Waals surface area contributed by atoms with E-state index in [4.69, 9.17) is 5.10 Å². The van der Waals surface area contributed by atoms with Crippen LogP contribution in [0.4, 0.5) is 17.2 Å². The Balaban J connectivity index is 1.50. The van der Waals surface area contributed by atoms with Gasteiger partial charge in [-0.25, -0.2) is 9.50 Å². The maximum absolute atomic E-state index is 12.6. The van der Waals surface area contributed by atoms with Crippen LogP contribution in [-0.2, 0) is 6.42 Å². The van der Waals surface area contributed by atoms with Crippen molar-refractivity contribution in [2.75, 3.05) is 23.8 Å². The van der Waals surface area contributed by atoms with E-state index in [0.717, 1.165) is 46.6 Å². The highest BCUT2D eigenvalue weighted by molar-refractivity contribution is 5.96. The summed E-state index contributed by atoms with van der Waals surface area (Å²) in [6.45, 7) is 5.86. The van der Waals surface area contributed by atoms with Crippen LogP contribution in [0.25, 0.3) is 16.9 Å². The van der Waals surface area contributed by atoms with E-state index in [0.29, 0.717) is 36.0 Å². The zero-order valence-electron chi connectivity index (χ0n) is 22.0. The molecule has 1 amide bonds. The minimum atomic E-state index is -0.917. The Morgan fingerprint density at radius 2 is 1.89 bits per heavy atom. The summed E-state index contributed by atoms with van der Waals surface area (Å²) in [5.41, 5.74) is 5.57. The predicted molar refractivity (Wildman–Crippen MR) is 149 cm³/mol. The first-order chi connectivity index (χ1) is 18.2. The van der Waals surface area contributed by atoms with Crippen molar-refractivity contribution in [1.29, 1.82) is 0 Å². The van der Waals surface area contributed by atoms with Gasteiger partial charge in [-0.1, -0.05) is 18.2 Å². The minimum absolute atomic E-state index is 0.0394. The molecule has 1 aliphatic rings. The largest absolute Gasteiger partial charge is 0.396 e. The average molecular weight is 515 g/mol. The van der Waals surface area contributed by atoms with E-state index in [2.05, 4.69) is 20.9 Å². The van der Waals surface area contributed by atoms with E-state index in [9.17, 15) is 15.0 Å². The van der Waals surface area contributed by atoms with Gasteiger partial charge in [-0.3, -0.25) is 4.79 Å². The highest BCUT2D eigenvalue weighted by atomic mass is 16.3. The molecule has 9 heteroatoms. The summed E-state index contributed by atoms with van der Waals surface area (Å²) >= 11 is 0. The fourth-order valence-corrected chi connectivity index (χ4v) is 4.27. The molecule has 4 aromatic rings. The molecule has 5 rings (SSSR count). The van der Waals surface area contributed by atoms with Gasteiger partial charge in [0.2, 0.25) is 0 Å². The van der Waals surface area contributed by atoms with Crippen LogP contribution in [0.5, 0.6) is 0 Å². The number of aryl methyl sites for hydroxylation is 1. The molecule has 5 N–H and O–H groups in total. The molecule has 0 atom stereocenters. The van der Waals surface area contributed by atoms with Crippen LogP contribution >= 0.6 is 0 Å². The zero-order valence-corrected chi connectivity index (χ0v) is 22.0. The van der Waals surface area contributed by atoms with Gasteiger partial charge in [-0.2, -0.15) is 0 Å². The van der Waals surface area contributed by atoms with Crippen molar-refractivity contribution in [2.24, 2.45) is 0 Å². The van der Waals surface area contributed by atoms with Crippen molar-refractivity contribution >= 4 is 28.7 Å². The maximum Gasteiger partial charge on any atom is 0.251 e. The average Bonchev–Trinajstić information content (AvgIpc) is 3.58. The number of benzene rings is 2. The Bertz CT molecular complexity index is 1450. The van der Waals surface area contributed by atoms with Gasteiger partial charge >= 0.3 is 0 Å². The van der Waals surface area contributed by atoms with Crippen LogP contribution in [0, 0.1) is 6.92 Å². The van der Waals surface area contributed by atoms with Crippen LogP contribution in [-0.4, -0.2) is 55.5 Å². The first kappa shape index (κ1) is 25.7. The van der Waals surface area contributed by atoms with Gasteiger partial charge in [-0.15, -0.1) is 5.10 Å². The Morgan fingerprint density at radius 3 is 2.55 bits per heavy atom. The van der Waals surface area contributed by atoms with Crippen LogP contribution in [0.15, 0.2) is 54.7 Å². The number of nitrogens with one attached hydrogen (secondary N) is 3. The lowest BCUT2D eigenvalue weighted by Crippen LogP contribution is -2.29. The number of aliphatic hydroxyl groups is 2. The molecule has 0 saturated heterocycles. The Labute approximate surface area is 221 Å². The van der Waals surface area contributed by atoms with Gasteiger partial charge in [0.05, 0.1) is 23.2 Å². The number of anilines is 3. The number of hydrogen-bond acceptors (Lipinski definition) is 7. The summed E-state index contributed by atoms with van der Waals surface area (Å²) in [7, 11) is 0. The summed E-state index contributed by atoms with van der Waals surface area (Å²) in [5.74, 6) is 0.560. The van der Waals surface area contributed by atoms with Gasteiger partial charge in [0, 0.05) is 42.1 Å². The summed E-state index contributed by atoms with van der Waals surface area (Å²) in [6, 6.07) is 15.8. The standard InChI is InChI=1S/C29H34N6O3/c1-18-14-20(6-11-23(18)28(37)33-22-9-10-22)25-16-30-27-24(31-17-29(2,3)38)15-26(34-35(25)27)32-21-7-4-19(5-8-21)12-13-36/h4-8,11,14-16,22,31,36,38H,9-10,12-13,17H2,1-3H3,(H,32,34)(H,33,37). The van der Waals surface area contributed by atoms with Gasteiger partial charge in [0.15, 0.2) is 11.5 Å². The molecule has 1 fully saturated rings. The van der Waals surface area contributed by atoms with Gasteiger partial charge < -0.3 is 26.2 Å². The normalized spacial score (nSPS) is 13.5. The van der Waals surface area contributed by atoms with Crippen molar-refractivity contribution in [3.8, 4) is 11.3 Å². The quantitative estimate of drug-likeness (QED) is 0.216. The number of aromatic nitrogens is 3. The number of nitrogens with zero attached hydrogens (tertiary/aromatic N) is 3. The lowest BCUT2D eigenvalue weighted by molar-refractivity contribution is 0.0940. The summed E-state index contributed by atoms with van der Waals surface area (Å²) in [5, 5.41) is 34.0. The third-order valence-corrected chi connectivity index (χ3v) is 6.49. The fourth-order valence-electron chi connectivity index (χ4n) is 4.27. The van der Waals surface area contributed by atoms with Crippen molar-refractivity contribution in [2.45, 2.75) is 51.7 Å². The lowest BCUT2D eigenvalue weighted by atomic mass is 10.0. The van der Waals surface area contributed by atoms with Crippen LogP contribution in [0.3, 0.4) is 0 Å². The Kier molecular flexibility index (Phi) is 7.05. The number of carbonyl (C=O) groups is 1. The number of rotatable bonds is 10. The third kappa shape index (κ3) is 5.95. The molecule has 0 bridgehead atoms. The van der Waals surface area contributed by atoms with E-state index >= 15 is 0 Å². The molecular formula is C29H34N6O3. The molecule has 0 unspecified atom stereocenters. The highest BCUT2D eigenvalue weighted by Crippen LogP contribution is 2.29. The molecule has 0 aliphatic heterocycles. The molecule has 2 heterocycles. The second-order valence-corrected chi connectivity index (χ2v) is 10.6. The number of hydrogen-bond donors (Lipinski definition) is 5. The monoisotopic (exact) mass is 514 g/mol. The molecule has 1 aliphatic carbocycles. The van der Waals surface area contributed by atoms with E-state index < -0.39 is 5.60 Å². The molecule has 9 nitrogen and oxygen atoms in total. The van der Waals surface area contributed by atoms with E-state index in [1.54, 1.807) is 24.6 Å². The number of amides is 1. The topological polar surface area (TPSA) is 124 Å². The summed E-state index contributed by atoms with van der Waals surface area (Å²) in [4.78, 5) is 17.2. The SMILES string of the molecule is Cc1cc(-c2cnc3c(NCC(C)(C)O)cc(Nc4ccc(CCO)cc4)nn23)ccc1C(=O)NC1CC1. The Morgan fingerprint density at radius 1 is 1.13 bits per heavy atom. The van der Waals surface area contributed by atoms with Crippen molar-refractivity contribution in [1.82, 2.24) is 19.9 Å². The van der Waals surface area contributed by atoms with Gasteiger partial charge in [-0.05, 0) is 75.4 Å². The number of fused-ring (bicyclic) bond motifs is 1. The second-order valence-electron chi connectivity index (χ2n) is 10.6. The summed E-state index contributed by atoms with van der Waals surface area (Å²) in [6.07, 6.45) is 4.46. The van der Waals surface area contributed by atoms with Crippen molar-refractivity contribution in [3.63, 3.8) is 0 Å². The number of aliphatic hydroxyl groups excluding tert-OH is 1. The number of imidazole rings is 1. The van der Waals surface area contributed by atoms with Gasteiger partial charge in [0.25, 0.3) is 5.91 Å². The smallest absolute Gasteiger partial charge is 0.251 e. The van der Waals surface area contributed by atoms with Crippen molar-refractivity contribution < 1.29 is 15.0 Å². The minimum Gasteiger partial charge on any atom is -0.396 e. The number of carbonyl (C=O) groups excluding carboxylic acids is 1. The first-order valence-electron chi connectivity index (χ1n) is 12.9. The molecule has 1 saturated carbocycles. The molecular weight excluding hydrogens is 480 g/mol. The van der Waals surface area contributed by atoms with Gasteiger partial charge in [0.1, 0.15) is 0 Å². The van der Waals surface area contributed by atoms with Crippen LogP contribution < -0.4 is 16.0 Å². The van der Waals surface area contributed by atoms with E-state index in [1.165, 1.54) is 0 Å². The summed E-state index contributed by atoms with van der Waals surface area (Å²) < 4.78 is 1.77. The van der Waals surface area contributed by atoms with Crippen molar-refractivity contribution in [3.05, 3.63) is 71.4 Å². The fraction of sp³-hybridized carbons (Fsp3) is 0.345. The third-order valence-electron chi connectivity index (χ3n) is 6.49. The van der Waals surface area contributed by atoms with Crippen LogP contribution in [0.2, 0.25) is 0 Å². The highest BCUT2D eigenvalue weighted by Gasteiger charge is 2.24. The van der Waals surface area contributed by atoms with E-state index in [-0.39, 0.29) is 12.5 Å². The molecule has 38 heavy (non-hydrogen) atoms. The van der Waals surface area contributed by atoms with Crippen LogP contribution in [0.1, 0.15) is 48.2 Å². The Hall–Kier alpha value is -3.95. The zero-order chi connectivity index (χ0) is 26.9. The molecule has 0 spiro atoms. The molecule has 0 radical (unpaired) electrons. The lowest BCUT2D eigenvalue weighted by Gasteiger charge is -2.19. The molecule has 198 valence electrons. The maximum atomic E-state index is 12.6.